The Hall–Kier alpha value is -2.22. The highest BCUT2D eigenvalue weighted by atomic mass is 79.9. The van der Waals surface area contributed by atoms with Crippen LogP contribution < -0.4 is 10.1 Å². The molecular formula is C23H26BrN3O2S. The molecule has 2 aromatic carbocycles. The fourth-order valence-corrected chi connectivity index (χ4v) is 4.24. The maximum Gasteiger partial charge on any atom is 0.230 e. The van der Waals surface area contributed by atoms with Crippen LogP contribution in [0.15, 0.2) is 58.4 Å². The lowest BCUT2D eigenvalue weighted by Gasteiger charge is -2.19. The normalized spacial score (nSPS) is 10.9. The zero-order chi connectivity index (χ0) is 21.3. The number of ether oxygens (including phenoxy) is 1. The average Bonchev–Trinajstić information content (AvgIpc) is 3.21. The molecule has 158 valence electrons. The molecule has 0 spiro atoms. The van der Waals surface area contributed by atoms with E-state index in [1.54, 1.807) is 0 Å². The van der Waals surface area contributed by atoms with Gasteiger partial charge in [-0.15, -0.1) is 11.3 Å². The van der Waals surface area contributed by atoms with E-state index in [4.69, 9.17) is 4.74 Å². The van der Waals surface area contributed by atoms with E-state index in [-0.39, 0.29) is 12.3 Å². The fraction of sp³-hybridized carbons (Fsp3) is 0.304. The first-order valence-corrected chi connectivity index (χ1v) is 11.7. The highest BCUT2D eigenvalue weighted by Gasteiger charge is 2.12. The first-order valence-electron chi connectivity index (χ1n) is 10.0. The Morgan fingerprint density at radius 3 is 2.73 bits per heavy atom. The molecule has 1 heterocycles. The minimum Gasteiger partial charge on any atom is -0.490 e. The summed E-state index contributed by atoms with van der Waals surface area (Å²) in [6.45, 7) is 7.70. The molecular weight excluding hydrogens is 462 g/mol. The molecule has 1 N–H and O–H groups in total. The van der Waals surface area contributed by atoms with Gasteiger partial charge in [-0.1, -0.05) is 54.0 Å². The van der Waals surface area contributed by atoms with Crippen molar-refractivity contribution >= 4 is 38.9 Å². The molecule has 3 rings (SSSR count). The van der Waals surface area contributed by atoms with E-state index in [9.17, 15) is 4.79 Å². The maximum absolute atomic E-state index is 12.6. The molecule has 3 aromatic rings. The molecule has 7 heteroatoms. The zero-order valence-corrected chi connectivity index (χ0v) is 19.6. The predicted octanol–water partition coefficient (Wildman–Crippen LogP) is 5.47. The van der Waals surface area contributed by atoms with E-state index in [0.29, 0.717) is 18.0 Å². The third-order valence-electron chi connectivity index (χ3n) is 4.69. The summed E-state index contributed by atoms with van der Waals surface area (Å²) in [5.74, 6) is 0.576. The smallest absolute Gasteiger partial charge is 0.230 e. The van der Waals surface area contributed by atoms with E-state index in [2.05, 4.69) is 45.0 Å². The van der Waals surface area contributed by atoms with Crippen molar-refractivity contribution in [1.29, 1.82) is 0 Å². The third-order valence-corrected chi connectivity index (χ3v) is 6.12. The molecule has 0 atom stereocenters. The number of carbonyl (C=O) groups is 1. The molecule has 0 aliphatic rings. The molecule has 1 aromatic heterocycles. The van der Waals surface area contributed by atoms with Crippen LogP contribution in [0.1, 0.15) is 19.5 Å². The van der Waals surface area contributed by atoms with Crippen molar-refractivity contribution in [3.8, 4) is 16.3 Å². The zero-order valence-electron chi connectivity index (χ0n) is 17.2. The summed E-state index contributed by atoms with van der Waals surface area (Å²) in [5, 5.41) is 5.80. The van der Waals surface area contributed by atoms with Gasteiger partial charge in [0.1, 0.15) is 17.4 Å². The molecule has 0 saturated carbocycles. The first kappa shape index (κ1) is 22.5. The van der Waals surface area contributed by atoms with Crippen LogP contribution in [0.2, 0.25) is 0 Å². The van der Waals surface area contributed by atoms with Crippen LogP contribution in [0, 0.1) is 0 Å². The van der Waals surface area contributed by atoms with Gasteiger partial charge in [0.05, 0.1) is 17.8 Å². The number of thiazole rings is 1. The van der Waals surface area contributed by atoms with Crippen molar-refractivity contribution in [1.82, 2.24) is 9.88 Å². The second kappa shape index (κ2) is 11.2. The maximum atomic E-state index is 12.6. The Labute approximate surface area is 190 Å². The van der Waals surface area contributed by atoms with Crippen LogP contribution >= 0.6 is 27.3 Å². The van der Waals surface area contributed by atoms with Crippen molar-refractivity contribution in [3.05, 3.63) is 64.1 Å². The standard InChI is InChI=1S/C23H26BrN3O2S/c1-3-27(4-2)12-13-29-21-11-6-5-10-20(21)26-22(28)15-19-16-30-23(25-19)17-8-7-9-18(24)14-17/h5-11,14,16H,3-4,12-13,15H2,1-2H3,(H,26,28). The Morgan fingerprint density at radius 1 is 1.17 bits per heavy atom. The van der Waals surface area contributed by atoms with Crippen molar-refractivity contribution < 1.29 is 9.53 Å². The van der Waals surface area contributed by atoms with Gasteiger partial charge in [0, 0.05) is 22.0 Å². The predicted molar refractivity (Wildman–Crippen MR) is 127 cm³/mol. The SMILES string of the molecule is CCN(CC)CCOc1ccccc1NC(=O)Cc1csc(-c2cccc(Br)c2)n1. The van der Waals surface area contributed by atoms with Gasteiger partial charge >= 0.3 is 0 Å². The summed E-state index contributed by atoms with van der Waals surface area (Å²) in [5.41, 5.74) is 2.48. The summed E-state index contributed by atoms with van der Waals surface area (Å²) in [6.07, 6.45) is 0.221. The highest BCUT2D eigenvalue weighted by molar-refractivity contribution is 9.10. The molecule has 30 heavy (non-hydrogen) atoms. The molecule has 0 radical (unpaired) electrons. The van der Waals surface area contributed by atoms with Crippen LogP contribution in [-0.2, 0) is 11.2 Å². The van der Waals surface area contributed by atoms with Gasteiger partial charge in [-0.25, -0.2) is 4.98 Å². The van der Waals surface area contributed by atoms with Crippen LogP contribution in [0.3, 0.4) is 0 Å². The third kappa shape index (κ3) is 6.39. The van der Waals surface area contributed by atoms with Gasteiger partial charge in [0.25, 0.3) is 0 Å². The number of amides is 1. The molecule has 5 nitrogen and oxygen atoms in total. The molecule has 0 aliphatic carbocycles. The number of halogens is 1. The number of nitrogens with one attached hydrogen (secondary N) is 1. The molecule has 0 bridgehead atoms. The van der Waals surface area contributed by atoms with E-state index >= 15 is 0 Å². The van der Waals surface area contributed by atoms with Gasteiger partial charge in [-0.3, -0.25) is 4.79 Å². The van der Waals surface area contributed by atoms with Gasteiger partial charge in [0.15, 0.2) is 0 Å². The number of carbonyl (C=O) groups excluding carboxylic acids is 1. The van der Waals surface area contributed by atoms with E-state index in [1.165, 1.54) is 11.3 Å². The second-order valence-corrected chi connectivity index (χ2v) is 8.52. The van der Waals surface area contributed by atoms with Gasteiger partial charge in [0.2, 0.25) is 5.91 Å². The summed E-state index contributed by atoms with van der Waals surface area (Å²) in [6, 6.07) is 15.5. The lowest BCUT2D eigenvalue weighted by atomic mass is 10.2. The monoisotopic (exact) mass is 487 g/mol. The Kier molecular flexibility index (Phi) is 8.42. The van der Waals surface area contributed by atoms with Gasteiger partial charge in [-0.2, -0.15) is 0 Å². The minimum absolute atomic E-state index is 0.110. The number of aromatic nitrogens is 1. The number of anilines is 1. The first-order chi connectivity index (χ1) is 14.6. The van der Waals surface area contributed by atoms with E-state index < -0.39 is 0 Å². The summed E-state index contributed by atoms with van der Waals surface area (Å²) in [7, 11) is 0. The van der Waals surface area contributed by atoms with Crippen molar-refractivity contribution in [2.24, 2.45) is 0 Å². The second-order valence-electron chi connectivity index (χ2n) is 6.75. The number of para-hydroxylation sites is 2. The lowest BCUT2D eigenvalue weighted by molar-refractivity contribution is -0.115. The van der Waals surface area contributed by atoms with Crippen LogP contribution in [0.4, 0.5) is 5.69 Å². The van der Waals surface area contributed by atoms with Crippen molar-refractivity contribution in [2.45, 2.75) is 20.3 Å². The van der Waals surface area contributed by atoms with Crippen LogP contribution in [0.25, 0.3) is 10.6 Å². The fourth-order valence-electron chi connectivity index (χ4n) is 3.02. The Balaban J connectivity index is 1.59. The van der Waals surface area contributed by atoms with E-state index in [1.807, 2.05) is 53.9 Å². The Morgan fingerprint density at radius 2 is 1.97 bits per heavy atom. The van der Waals surface area contributed by atoms with E-state index in [0.717, 1.165) is 40.4 Å². The summed E-state index contributed by atoms with van der Waals surface area (Å²) in [4.78, 5) is 19.5. The number of rotatable bonds is 10. The molecule has 1 amide bonds. The van der Waals surface area contributed by atoms with Crippen LogP contribution in [0.5, 0.6) is 5.75 Å². The average molecular weight is 488 g/mol. The van der Waals surface area contributed by atoms with Crippen molar-refractivity contribution in [3.63, 3.8) is 0 Å². The number of likely N-dealkylation sites (N-methyl/N-ethyl adjacent to an activating group) is 1. The number of nitrogens with zero attached hydrogens (tertiary/aromatic N) is 2. The molecule has 0 fully saturated rings. The minimum atomic E-state index is -0.110. The highest BCUT2D eigenvalue weighted by Crippen LogP contribution is 2.27. The molecule has 0 unspecified atom stereocenters. The number of hydrogen-bond acceptors (Lipinski definition) is 5. The lowest BCUT2D eigenvalue weighted by Crippen LogP contribution is -2.28. The molecule has 0 aliphatic heterocycles. The topological polar surface area (TPSA) is 54.5 Å². The number of benzene rings is 2. The Bertz CT molecular complexity index is 972. The summed E-state index contributed by atoms with van der Waals surface area (Å²) >= 11 is 5.02. The quantitative estimate of drug-likeness (QED) is 0.411. The largest absolute Gasteiger partial charge is 0.490 e. The number of hydrogen-bond donors (Lipinski definition) is 1. The van der Waals surface area contributed by atoms with Crippen molar-refractivity contribution in [2.75, 3.05) is 31.6 Å². The van der Waals surface area contributed by atoms with Gasteiger partial charge < -0.3 is 15.0 Å². The molecule has 0 saturated heterocycles. The summed E-state index contributed by atoms with van der Waals surface area (Å²) < 4.78 is 6.93. The van der Waals surface area contributed by atoms with Crippen LogP contribution in [-0.4, -0.2) is 42.0 Å². The van der Waals surface area contributed by atoms with Gasteiger partial charge in [-0.05, 0) is 37.4 Å².